The zero-order valence-electron chi connectivity index (χ0n) is 10.8. The number of halogens is 1. The minimum absolute atomic E-state index is 0.316. The molecule has 0 spiro atoms. The molecule has 3 rings (SSSR count). The molecule has 0 bridgehead atoms. The van der Waals surface area contributed by atoms with E-state index in [2.05, 4.69) is 15.2 Å². The lowest BCUT2D eigenvalue weighted by Gasteiger charge is -2.18. The van der Waals surface area contributed by atoms with Crippen LogP contribution >= 0.6 is 11.3 Å². The van der Waals surface area contributed by atoms with Gasteiger partial charge in [0.1, 0.15) is 11.5 Å². The van der Waals surface area contributed by atoms with Crippen molar-refractivity contribution in [1.29, 1.82) is 0 Å². The van der Waals surface area contributed by atoms with Gasteiger partial charge in [0.15, 0.2) is 0 Å². The van der Waals surface area contributed by atoms with Crippen LogP contribution in [-0.4, -0.2) is 24.0 Å². The minimum Gasteiger partial charge on any atom is -0.371 e. The summed E-state index contributed by atoms with van der Waals surface area (Å²) < 4.78 is 13.7. The van der Waals surface area contributed by atoms with Crippen molar-refractivity contribution in [3.8, 4) is 0 Å². The maximum absolute atomic E-state index is 13.7. The van der Waals surface area contributed by atoms with Crippen LogP contribution < -0.4 is 10.2 Å². The largest absolute Gasteiger partial charge is 0.371 e. The second kappa shape index (κ2) is 5.58. The molecule has 0 unspecified atom stereocenters. The van der Waals surface area contributed by atoms with Gasteiger partial charge in [0.25, 0.3) is 5.91 Å². The van der Waals surface area contributed by atoms with Gasteiger partial charge in [0, 0.05) is 29.8 Å². The molecule has 1 aliphatic rings. The standard InChI is InChI=1S/C14H14FN3OS/c15-10-5-11(17-14(19)13-8-20-9-16-13)7-12(6-10)18-3-1-2-4-18/h5-9H,1-4H2,(H,17,19). The molecule has 2 aromatic rings. The Bertz CT molecular complexity index is 609. The number of carbonyl (C=O) groups is 1. The van der Waals surface area contributed by atoms with Crippen molar-refractivity contribution >= 4 is 28.6 Å². The van der Waals surface area contributed by atoms with Crippen LogP contribution in [0, 0.1) is 5.82 Å². The average molecular weight is 291 g/mol. The summed E-state index contributed by atoms with van der Waals surface area (Å²) in [6.45, 7) is 1.87. The molecular weight excluding hydrogens is 277 g/mol. The molecule has 1 N–H and O–H groups in total. The van der Waals surface area contributed by atoms with Crippen LogP contribution in [0.15, 0.2) is 29.1 Å². The normalized spacial score (nSPS) is 14.6. The van der Waals surface area contributed by atoms with Crippen molar-refractivity contribution in [1.82, 2.24) is 4.98 Å². The fraction of sp³-hybridized carbons (Fsp3) is 0.286. The third kappa shape index (κ3) is 2.80. The molecule has 6 heteroatoms. The lowest BCUT2D eigenvalue weighted by Crippen LogP contribution is -2.18. The molecule has 1 aromatic carbocycles. The van der Waals surface area contributed by atoms with E-state index in [1.807, 2.05) is 0 Å². The van der Waals surface area contributed by atoms with Crippen molar-refractivity contribution < 1.29 is 9.18 Å². The first-order chi connectivity index (χ1) is 9.72. The highest BCUT2D eigenvalue weighted by Crippen LogP contribution is 2.25. The lowest BCUT2D eigenvalue weighted by atomic mass is 10.2. The molecule has 104 valence electrons. The first kappa shape index (κ1) is 13.1. The number of thiazole rings is 1. The van der Waals surface area contributed by atoms with E-state index < -0.39 is 0 Å². The summed E-state index contributed by atoms with van der Waals surface area (Å²) in [4.78, 5) is 18.0. The number of benzene rings is 1. The topological polar surface area (TPSA) is 45.2 Å². The van der Waals surface area contributed by atoms with Gasteiger partial charge in [-0.05, 0) is 31.0 Å². The van der Waals surface area contributed by atoms with Crippen LogP contribution in [-0.2, 0) is 0 Å². The second-order valence-corrected chi connectivity index (χ2v) is 5.44. The van der Waals surface area contributed by atoms with Crippen molar-refractivity contribution in [3.05, 3.63) is 40.6 Å². The molecule has 0 atom stereocenters. The van der Waals surface area contributed by atoms with Crippen LogP contribution in [0.2, 0.25) is 0 Å². The van der Waals surface area contributed by atoms with Crippen molar-refractivity contribution in [2.24, 2.45) is 0 Å². The molecule has 1 aromatic heterocycles. The summed E-state index contributed by atoms with van der Waals surface area (Å²) in [5, 5.41) is 4.35. The maximum Gasteiger partial charge on any atom is 0.275 e. The van der Waals surface area contributed by atoms with Crippen LogP contribution in [0.5, 0.6) is 0 Å². The number of carbonyl (C=O) groups excluding carboxylic acids is 1. The van der Waals surface area contributed by atoms with Gasteiger partial charge in [-0.1, -0.05) is 0 Å². The Labute approximate surface area is 120 Å². The number of amides is 1. The van der Waals surface area contributed by atoms with E-state index in [4.69, 9.17) is 0 Å². The van der Waals surface area contributed by atoms with E-state index in [1.54, 1.807) is 17.0 Å². The number of nitrogens with zero attached hydrogens (tertiary/aromatic N) is 2. The van der Waals surface area contributed by atoms with Gasteiger partial charge in [-0.2, -0.15) is 0 Å². The van der Waals surface area contributed by atoms with Gasteiger partial charge < -0.3 is 10.2 Å². The summed E-state index contributed by atoms with van der Waals surface area (Å²) in [6.07, 6.45) is 2.24. The van der Waals surface area contributed by atoms with Gasteiger partial charge in [-0.25, -0.2) is 9.37 Å². The van der Waals surface area contributed by atoms with Crippen molar-refractivity contribution in [2.45, 2.75) is 12.8 Å². The van der Waals surface area contributed by atoms with Crippen molar-refractivity contribution in [2.75, 3.05) is 23.3 Å². The minimum atomic E-state index is -0.344. The molecule has 0 saturated carbocycles. The number of rotatable bonds is 3. The molecule has 1 amide bonds. The Morgan fingerprint density at radius 2 is 2.10 bits per heavy atom. The molecule has 20 heavy (non-hydrogen) atoms. The zero-order valence-corrected chi connectivity index (χ0v) is 11.6. The first-order valence-electron chi connectivity index (χ1n) is 6.47. The number of aromatic nitrogens is 1. The predicted molar refractivity (Wildman–Crippen MR) is 77.9 cm³/mol. The number of hydrogen-bond acceptors (Lipinski definition) is 4. The van der Waals surface area contributed by atoms with Gasteiger partial charge in [-0.15, -0.1) is 11.3 Å². The molecule has 0 aliphatic carbocycles. The van der Waals surface area contributed by atoms with E-state index >= 15 is 0 Å². The van der Waals surface area contributed by atoms with E-state index in [0.717, 1.165) is 31.6 Å². The van der Waals surface area contributed by atoms with Gasteiger partial charge in [-0.3, -0.25) is 4.79 Å². The highest BCUT2D eigenvalue weighted by atomic mass is 32.1. The third-order valence-corrected chi connectivity index (χ3v) is 3.86. The highest BCUT2D eigenvalue weighted by molar-refractivity contribution is 7.07. The summed E-state index contributed by atoms with van der Waals surface area (Å²) in [5.41, 5.74) is 3.22. The van der Waals surface area contributed by atoms with Crippen LogP contribution in [0.1, 0.15) is 23.3 Å². The Morgan fingerprint density at radius 1 is 1.30 bits per heavy atom. The smallest absolute Gasteiger partial charge is 0.275 e. The second-order valence-electron chi connectivity index (χ2n) is 4.72. The monoisotopic (exact) mass is 291 g/mol. The van der Waals surface area contributed by atoms with Gasteiger partial charge in [0.2, 0.25) is 0 Å². The number of anilines is 2. The third-order valence-electron chi connectivity index (χ3n) is 3.28. The summed E-state index contributed by atoms with van der Waals surface area (Å²) in [6, 6.07) is 4.63. The summed E-state index contributed by atoms with van der Waals surface area (Å²) in [7, 11) is 0. The first-order valence-corrected chi connectivity index (χ1v) is 7.42. The van der Waals surface area contributed by atoms with E-state index in [9.17, 15) is 9.18 Å². The van der Waals surface area contributed by atoms with Crippen LogP contribution in [0.25, 0.3) is 0 Å². The van der Waals surface area contributed by atoms with Crippen LogP contribution in [0.4, 0.5) is 15.8 Å². The number of nitrogens with one attached hydrogen (secondary N) is 1. The molecule has 0 radical (unpaired) electrons. The molecule has 1 saturated heterocycles. The lowest BCUT2D eigenvalue weighted by molar-refractivity contribution is 0.102. The highest BCUT2D eigenvalue weighted by Gasteiger charge is 2.15. The fourth-order valence-corrected chi connectivity index (χ4v) is 2.86. The quantitative estimate of drug-likeness (QED) is 0.945. The predicted octanol–water partition coefficient (Wildman–Crippen LogP) is 3.13. The summed E-state index contributed by atoms with van der Waals surface area (Å²) in [5.74, 6) is -0.660. The van der Waals surface area contributed by atoms with Gasteiger partial charge in [0.05, 0.1) is 5.51 Å². The van der Waals surface area contributed by atoms with E-state index in [1.165, 1.54) is 23.5 Å². The Balaban J connectivity index is 1.80. The summed E-state index contributed by atoms with van der Waals surface area (Å²) >= 11 is 1.35. The van der Waals surface area contributed by atoms with Crippen LogP contribution in [0.3, 0.4) is 0 Å². The Hall–Kier alpha value is -1.95. The fourth-order valence-electron chi connectivity index (χ4n) is 2.32. The molecular formula is C14H14FN3OS. The van der Waals surface area contributed by atoms with E-state index in [0.29, 0.717) is 11.4 Å². The Kier molecular flexibility index (Phi) is 3.64. The zero-order chi connectivity index (χ0) is 13.9. The maximum atomic E-state index is 13.7. The molecule has 1 fully saturated rings. The number of hydrogen-bond donors (Lipinski definition) is 1. The van der Waals surface area contributed by atoms with E-state index in [-0.39, 0.29) is 11.7 Å². The van der Waals surface area contributed by atoms with Crippen molar-refractivity contribution in [3.63, 3.8) is 0 Å². The Morgan fingerprint density at radius 3 is 2.80 bits per heavy atom. The molecule has 1 aliphatic heterocycles. The van der Waals surface area contributed by atoms with Gasteiger partial charge >= 0.3 is 0 Å². The average Bonchev–Trinajstić information content (AvgIpc) is 3.12. The molecule has 2 heterocycles. The molecule has 4 nitrogen and oxygen atoms in total. The SMILES string of the molecule is O=C(Nc1cc(F)cc(N2CCCC2)c1)c1cscn1.